The van der Waals surface area contributed by atoms with E-state index >= 15 is 0 Å². The van der Waals surface area contributed by atoms with Crippen LogP contribution in [0, 0.1) is 5.82 Å². The van der Waals surface area contributed by atoms with Crippen molar-refractivity contribution in [1.29, 1.82) is 0 Å². The number of nitrogens with zero attached hydrogens (tertiary/aromatic N) is 1. The summed E-state index contributed by atoms with van der Waals surface area (Å²) in [6, 6.07) is 9.17. The fraction of sp³-hybridized carbons (Fsp3) is 0. The van der Waals surface area contributed by atoms with Crippen LogP contribution in [0.4, 0.5) is 4.39 Å². The standard InChI is InChI=1S/C11H6BrClFNO/c12-10-2-1-3-11(15-10)16-9-5-4-7(14)6-8(9)13/h1-6H. The van der Waals surface area contributed by atoms with Gasteiger partial charge < -0.3 is 4.74 Å². The highest BCUT2D eigenvalue weighted by Crippen LogP contribution is 2.29. The van der Waals surface area contributed by atoms with Crippen LogP contribution in [0.1, 0.15) is 0 Å². The molecule has 0 radical (unpaired) electrons. The Morgan fingerprint density at radius 3 is 2.75 bits per heavy atom. The highest BCUT2D eigenvalue weighted by molar-refractivity contribution is 9.10. The third-order valence-corrected chi connectivity index (χ3v) is 2.54. The van der Waals surface area contributed by atoms with Crippen molar-refractivity contribution >= 4 is 27.5 Å². The molecule has 0 saturated heterocycles. The van der Waals surface area contributed by atoms with Crippen LogP contribution in [0.2, 0.25) is 5.02 Å². The van der Waals surface area contributed by atoms with E-state index in [4.69, 9.17) is 16.3 Å². The normalized spacial score (nSPS) is 10.2. The summed E-state index contributed by atoms with van der Waals surface area (Å²) in [5, 5.41) is 0.210. The molecule has 0 aliphatic carbocycles. The molecule has 1 heterocycles. The van der Waals surface area contributed by atoms with Crippen LogP contribution in [-0.2, 0) is 0 Å². The molecule has 0 saturated carbocycles. The average molecular weight is 303 g/mol. The minimum Gasteiger partial charge on any atom is -0.437 e. The lowest BCUT2D eigenvalue weighted by Crippen LogP contribution is -1.89. The zero-order chi connectivity index (χ0) is 11.5. The third kappa shape index (κ3) is 2.71. The Morgan fingerprint density at radius 2 is 2.06 bits per heavy atom. The van der Waals surface area contributed by atoms with Crippen LogP contribution in [0.3, 0.4) is 0 Å². The van der Waals surface area contributed by atoms with Gasteiger partial charge in [0, 0.05) is 6.07 Å². The van der Waals surface area contributed by atoms with Gasteiger partial charge in [-0.1, -0.05) is 17.7 Å². The fourth-order valence-corrected chi connectivity index (χ4v) is 1.65. The zero-order valence-electron chi connectivity index (χ0n) is 7.95. The number of aromatic nitrogens is 1. The maximum absolute atomic E-state index is 12.8. The first-order valence-corrected chi connectivity index (χ1v) is 5.58. The van der Waals surface area contributed by atoms with E-state index in [1.807, 2.05) is 0 Å². The van der Waals surface area contributed by atoms with Gasteiger partial charge in [-0.05, 0) is 40.2 Å². The number of benzene rings is 1. The molecule has 0 aliphatic rings. The van der Waals surface area contributed by atoms with E-state index in [0.29, 0.717) is 16.2 Å². The van der Waals surface area contributed by atoms with Gasteiger partial charge in [0.25, 0.3) is 0 Å². The minimum absolute atomic E-state index is 0.210. The van der Waals surface area contributed by atoms with Crippen LogP contribution >= 0.6 is 27.5 Å². The van der Waals surface area contributed by atoms with Crippen molar-refractivity contribution in [2.75, 3.05) is 0 Å². The van der Waals surface area contributed by atoms with E-state index < -0.39 is 5.82 Å². The maximum atomic E-state index is 12.8. The number of halogens is 3. The van der Waals surface area contributed by atoms with Crippen LogP contribution in [0.15, 0.2) is 41.0 Å². The molecule has 0 atom stereocenters. The second-order valence-corrected chi connectivity index (χ2v) is 4.20. The van der Waals surface area contributed by atoms with E-state index in [2.05, 4.69) is 20.9 Å². The Morgan fingerprint density at radius 1 is 1.25 bits per heavy atom. The Kier molecular flexibility index (Phi) is 3.41. The molecule has 2 aromatic rings. The molecule has 2 rings (SSSR count). The first kappa shape index (κ1) is 11.4. The monoisotopic (exact) mass is 301 g/mol. The zero-order valence-corrected chi connectivity index (χ0v) is 10.3. The maximum Gasteiger partial charge on any atom is 0.220 e. The summed E-state index contributed by atoms with van der Waals surface area (Å²) in [5.74, 6) is 0.358. The summed E-state index contributed by atoms with van der Waals surface area (Å²) in [6.45, 7) is 0. The molecule has 1 aromatic heterocycles. The van der Waals surface area contributed by atoms with Crippen molar-refractivity contribution < 1.29 is 9.13 Å². The Hall–Kier alpha value is -1.13. The second-order valence-electron chi connectivity index (χ2n) is 2.98. The fourth-order valence-electron chi connectivity index (χ4n) is 1.12. The topological polar surface area (TPSA) is 22.1 Å². The molecule has 82 valence electrons. The number of pyridine rings is 1. The molecule has 16 heavy (non-hydrogen) atoms. The molecule has 5 heteroatoms. The first-order valence-electron chi connectivity index (χ1n) is 4.40. The number of rotatable bonds is 2. The van der Waals surface area contributed by atoms with E-state index in [-0.39, 0.29) is 5.02 Å². The number of hydrogen-bond acceptors (Lipinski definition) is 2. The van der Waals surface area contributed by atoms with Gasteiger partial charge in [0.15, 0.2) is 0 Å². The lowest BCUT2D eigenvalue weighted by Gasteiger charge is -2.06. The predicted molar refractivity (Wildman–Crippen MR) is 63.4 cm³/mol. The summed E-state index contributed by atoms with van der Waals surface area (Å²) in [5.41, 5.74) is 0. The van der Waals surface area contributed by atoms with Gasteiger partial charge in [0.2, 0.25) is 5.88 Å². The van der Waals surface area contributed by atoms with Gasteiger partial charge in [-0.3, -0.25) is 0 Å². The van der Waals surface area contributed by atoms with Gasteiger partial charge in [-0.2, -0.15) is 0 Å². The number of hydrogen-bond donors (Lipinski definition) is 0. The van der Waals surface area contributed by atoms with Gasteiger partial charge in [0.05, 0.1) is 5.02 Å². The first-order chi connectivity index (χ1) is 7.65. The van der Waals surface area contributed by atoms with Gasteiger partial charge in [-0.15, -0.1) is 0 Å². The quantitative estimate of drug-likeness (QED) is 0.766. The largest absolute Gasteiger partial charge is 0.437 e. The summed E-state index contributed by atoms with van der Waals surface area (Å²) >= 11 is 9.04. The molecule has 0 aliphatic heterocycles. The Balaban J connectivity index is 2.27. The van der Waals surface area contributed by atoms with Crippen LogP contribution in [-0.4, -0.2) is 4.98 Å². The molecular weight excluding hydrogens is 296 g/mol. The lowest BCUT2D eigenvalue weighted by atomic mass is 10.3. The van der Waals surface area contributed by atoms with E-state index in [9.17, 15) is 4.39 Å². The minimum atomic E-state index is -0.403. The van der Waals surface area contributed by atoms with Crippen LogP contribution in [0.25, 0.3) is 0 Å². The van der Waals surface area contributed by atoms with Gasteiger partial charge in [-0.25, -0.2) is 9.37 Å². The number of ether oxygens (including phenoxy) is 1. The Bertz CT molecular complexity index is 521. The molecule has 0 amide bonds. The van der Waals surface area contributed by atoms with Crippen molar-refractivity contribution in [3.8, 4) is 11.6 Å². The molecule has 0 spiro atoms. The van der Waals surface area contributed by atoms with E-state index in [1.54, 1.807) is 18.2 Å². The van der Waals surface area contributed by atoms with Crippen LogP contribution < -0.4 is 4.74 Å². The van der Waals surface area contributed by atoms with Gasteiger partial charge >= 0.3 is 0 Å². The molecular formula is C11H6BrClFNO. The van der Waals surface area contributed by atoms with Crippen molar-refractivity contribution in [2.24, 2.45) is 0 Å². The molecule has 2 nitrogen and oxygen atoms in total. The lowest BCUT2D eigenvalue weighted by molar-refractivity contribution is 0.460. The molecule has 0 fully saturated rings. The van der Waals surface area contributed by atoms with Crippen molar-refractivity contribution in [2.45, 2.75) is 0 Å². The third-order valence-electron chi connectivity index (χ3n) is 1.80. The van der Waals surface area contributed by atoms with Crippen LogP contribution in [0.5, 0.6) is 11.6 Å². The Labute approximate surface area is 105 Å². The predicted octanol–water partition coefficient (Wildman–Crippen LogP) is 4.43. The van der Waals surface area contributed by atoms with E-state index in [0.717, 1.165) is 0 Å². The SMILES string of the molecule is Fc1ccc(Oc2cccc(Br)n2)c(Cl)c1. The van der Waals surface area contributed by atoms with E-state index in [1.165, 1.54) is 18.2 Å². The smallest absolute Gasteiger partial charge is 0.220 e. The molecule has 0 bridgehead atoms. The van der Waals surface area contributed by atoms with Crippen molar-refractivity contribution in [1.82, 2.24) is 4.98 Å². The van der Waals surface area contributed by atoms with Crippen molar-refractivity contribution in [3.63, 3.8) is 0 Å². The van der Waals surface area contributed by atoms with Gasteiger partial charge in [0.1, 0.15) is 16.2 Å². The average Bonchev–Trinajstić information content (AvgIpc) is 2.22. The highest BCUT2D eigenvalue weighted by Gasteiger charge is 2.05. The summed E-state index contributed by atoms with van der Waals surface area (Å²) in [6.07, 6.45) is 0. The highest BCUT2D eigenvalue weighted by atomic mass is 79.9. The van der Waals surface area contributed by atoms with Crippen molar-refractivity contribution in [3.05, 3.63) is 51.8 Å². The molecule has 0 unspecified atom stereocenters. The molecule has 1 aromatic carbocycles. The second kappa shape index (κ2) is 4.80. The molecule has 0 N–H and O–H groups in total. The summed E-state index contributed by atoms with van der Waals surface area (Å²) in [4.78, 5) is 4.07. The summed E-state index contributed by atoms with van der Waals surface area (Å²) < 4.78 is 18.8. The summed E-state index contributed by atoms with van der Waals surface area (Å²) in [7, 11) is 0.